The molecule has 0 N–H and O–H groups in total. The summed E-state index contributed by atoms with van der Waals surface area (Å²) in [6.45, 7) is 3.11. The lowest BCUT2D eigenvalue weighted by Crippen LogP contribution is -2.45. The van der Waals surface area contributed by atoms with Crippen molar-refractivity contribution in [3.63, 3.8) is 0 Å². The van der Waals surface area contributed by atoms with Gasteiger partial charge in [0.05, 0.1) is 26.2 Å². The monoisotopic (exact) mass is 444 g/mol. The summed E-state index contributed by atoms with van der Waals surface area (Å²) in [6.07, 6.45) is 1.17. The Balaban J connectivity index is 1.61. The van der Waals surface area contributed by atoms with Gasteiger partial charge in [-0.2, -0.15) is 0 Å². The number of carbonyl (C=O) groups excluding carboxylic acids is 3. The van der Waals surface area contributed by atoms with E-state index in [1.165, 1.54) is 23.3 Å². The van der Waals surface area contributed by atoms with E-state index >= 15 is 0 Å². The van der Waals surface area contributed by atoms with Crippen LogP contribution >= 0.6 is 11.3 Å². The smallest absolute Gasteiger partial charge is 0.309 e. The fourth-order valence-corrected chi connectivity index (χ4v) is 4.72. The zero-order valence-electron chi connectivity index (χ0n) is 18.1. The number of rotatable bonds is 7. The number of hydrogen-bond donors (Lipinski definition) is 0. The molecule has 166 valence electrons. The zero-order valence-corrected chi connectivity index (χ0v) is 18.9. The van der Waals surface area contributed by atoms with Crippen molar-refractivity contribution in [2.45, 2.75) is 19.8 Å². The molecule has 1 aliphatic rings. The minimum absolute atomic E-state index is 0.0232. The van der Waals surface area contributed by atoms with Gasteiger partial charge in [-0.3, -0.25) is 14.4 Å². The molecular formula is C23H28N2O5S. The quantitative estimate of drug-likeness (QED) is 0.613. The van der Waals surface area contributed by atoms with Crippen molar-refractivity contribution in [2.24, 2.45) is 5.92 Å². The zero-order chi connectivity index (χ0) is 22.4. The molecule has 7 nitrogen and oxygen atoms in total. The van der Waals surface area contributed by atoms with E-state index in [1.807, 2.05) is 36.4 Å². The van der Waals surface area contributed by atoms with Crippen LogP contribution in [0.15, 0.2) is 36.4 Å². The third-order valence-electron chi connectivity index (χ3n) is 5.36. The second-order valence-corrected chi connectivity index (χ2v) is 8.49. The van der Waals surface area contributed by atoms with Gasteiger partial charge in [0.1, 0.15) is 10.6 Å². The molecule has 0 saturated carbocycles. The number of carbonyl (C=O) groups is 3. The topological polar surface area (TPSA) is 76.2 Å². The highest BCUT2D eigenvalue weighted by atomic mass is 32.1. The molecule has 8 heteroatoms. The molecule has 1 aromatic carbocycles. The third-order valence-corrected chi connectivity index (χ3v) is 6.51. The summed E-state index contributed by atoms with van der Waals surface area (Å²) in [5, 5.41) is 0. The molecule has 1 fully saturated rings. The number of ether oxygens (including phenoxy) is 2. The average Bonchev–Trinajstić information content (AvgIpc) is 3.24. The lowest BCUT2D eigenvalue weighted by Gasteiger charge is -2.32. The second kappa shape index (κ2) is 10.4. The van der Waals surface area contributed by atoms with Crippen molar-refractivity contribution in [3.8, 4) is 16.2 Å². The van der Waals surface area contributed by atoms with Gasteiger partial charge < -0.3 is 19.3 Å². The van der Waals surface area contributed by atoms with Gasteiger partial charge in [0.15, 0.2) is 0 Å². The van der Waals surface area contributed by atoms with Crippen LogP contribution in [0.25, 0.3) is 10.4 Å². The van der Waals surface area contributed by atoms with E-state index < -0.39 is 0 Å². The fraction of sp³-hybridized carbons (Fsp3) is 0.435. The summed E-state index contributed by atoms with van der Waals surface area (Å²) < 4.78 is 10.5. The first-order chi connectivity index (χ1) is 14.9. The molecule has 1 aromatic heterocycles. The maximum absolute atomic E-state index is 13.0. The van der Waals surface area contributed by atoms with Crippen molar-refractivity contribution in [1.82, 2.24) is 9.80 Å². The molecule has 0 bridgehead atoms. The molecule has 2 aromatic rings. The van der Waals surface area contributed by atoms with Crippen LogP contribution in [0.3, 0.4) is 0 Å². The maximum Gasteiger partial charge on any atom is 0.309 e. The molecule has 2 amide bonds. The Bertz CT molecular complexity index is 919. The van der Waals surface area contributed by atoms with Crippen molar-refractivity contribution in [1.29, 1.82) is 0 Å². The Morgan fingerprint density at radius 2 is 1.84 bits per heavy atom. The van der Waals surface area contributed by atoms with Crippen LogP contribution < -0.4 is 4.74 Å². The van der Waals surface area contributed by atoms with E-state index in [1.54, 1.807) is 18.9 Å². The van der Waals surface area contributed by atoms with Crippen molar-refractivity contribution in [3.05, 3.63) is 41.3 Å². The van der Waals surface area contributed by atoms with Crippen LogP contribution in [0.5, 0.6) is 5.75 Å². The molecule has 0 unspecified atom stereocenters. The SMILES string of the molecule is CCOC(=O)C1CCN(C(=O)CN(C)C(=O)c2sc(-c3ccccc3)cc2OC)CC1. The predicted molar refractivity (Wildman–Crippen MR) is 119 cm³/mol. The number of nitrogens with zero attached hydrogens (tertiary/aromatic N) is 2. The third kappa shape index (κ3) is 5.44. The molecule has 0 atom stereocenters. The maximum atomic E-state index is 13.0. The van der Waals surface area contributed by atoms with Crippen LogP contribution in [0.2, 0.25) is 0 Å². The minimum atomic E-state index is -0.251. The molecule has 1 aliphatic heterocycles. The molecule has 0 aliphatic carbocycles. The summed E-state index contributed by atoms with van der Waals surface area (Å²) >= 11 is 1.35. The van der Waals surface area contributed by atoms with E-state index in [4.69, 9.17) is 9.47 Å². The predicted octanol–water partition coefficient (Wildman–Crippen LogP) is 3.30. The van der Waals surface area contributed by atoms with Gasteiger partial charge >= 0.3 is 5.97 Å². The van der Waals surface area contributed by atoms with E-state index in [-0.39, 0.29) is 30.2 Å². The van der Waals surface area contributed by atoms with Gasteiger partial charge in [0.2, 0.25) is 5.91 Å². The van der Waals surface area contributed by atoms with Crippen LogP contribution in [0.1, 0.15) is 29.4 Å². The molecule has 31 heavy (non-hydrogen) atoms. The van der Waals surface area contributed by atoms with E-state index in [0.717, 1.165) is 10.4 Å². The Labute approximate surface area is 186 Å². The van der Waals surface area contributed by atoms with Crippen LogP contribution in [0, 0.1) is 5.92 Å². The van der Waals surface area contributed by atoms with Gasteiger partial charge in [-0.15, -0.1) is 11.3 Å². The number of likely N-dealkylation sites (tertiary alicyclic amines) is 1. The first-order valence-corrected chi connectivity index (χ1v) is 11.2. The normalized spacial score (nSPS) is 14.2. The van der Waals surface area contributed by atoms with Crippen LogP contribution in [-0.4, -0.2) is 68.0 Å². The highest BCUT2D eigenvalue weighted by molar-refractivity contribution is 7.17. The highest BCUT2D eigenvalue weighted by Crippen LogP contribution is 2.36. The number of benzene rings is 1. The average molecular weight is 445 g/mol. The Morgan fingerprint density at radius 1 is 1.16 bits per heavy atom. The fourth-order valence-electron chi connectivity index (χ4n) is 3.59. The number of amides is 2. The van der Waals surface area contributed by atoms with Crippen LogP contribution in [0.4, 0.5) is 0 Å². The van der Waals surface area contributed by atoms with Gasteiger partial charge in [0, 0.05) is 25.0 Å². The number of methoxy groups -OCH3 is 1. The van der Waals surface area contributed by atoms with E-state index in [2.05, 4.69) is 0 Å². The van der Waals surface area contributed by atoms with Gasteiger partial charge in [-0.25, -0.2) is 0 Å². The van der Waals surface area contributed by atoms with E-state index in [9.17, 15) is 14.4 Å². The summed E-state index contributed by atoms with van der Waals surface area (Å²) in [4.78, 5) is 42.1. The molecule has 2 heterocycles. The lowest BCUT2D eigenvalue weighted by atomic mass is 9.97. The highest BCUT2D eigenvalue weighted by Gasteiger charge is 2.30. The number of likely N-dealkylation sites (N-methyl/N-ethyl adjacent to an activating group) is 1. The van der Waals surface area contributed by atoms with Gasteiger partial charge in [-0.05, 0) is 31.4 Å². The Morgan fingerprint density at radius 3 is 2.45 bits per heavy atom. The molecule has 1 saturated heterocycles. The number of piperidine rings is 1. The largest absolute Gasteiger partial charge is 0.495 e. The minimum Gasteiger partial charge on any atom is -0.495 e. The Hall–Kier alpha value is -2.87. The standard InChI is InChI=1S/C23H28N2O5S/c1-4-30-23(28)17-10-12-25(13-11-17)20(26)15-24(2)22(27)21-18(29-3)14-19(31-21)16-8-6-5-7-9-16/h5-9,14,17H,4,10-13,15H2,1-3H3. The molecular weight excluding hydrogens is 416 g/mol. The summed E-state index contributed by atoms with van der Waals surface area (Å²) in [5.74, 6) is -0.227. The molecule has 0 spiro atoms. The van der Waals surface area contributed by atoms with Gasteiger partial charge in [-0.1, -0.05) is 30.3 Å². The van der Waals surface area contributed by atoms with E-state index in [0.29, 0.717) is 43.2 Å². The summed E-state index contributed by atoms with van der Waals surface area (Å²) in [5.41, 5.74) is 1.01. The number of thiophene rings is 1. The first kappa shape index (κ1) is 22.8. The molecule has 3 rings (SSSR count). The van der Waals surface area contributed by atoms with Crippen LogP contribution in [-0.2, 0) is 14.3 Å². The van der Waals surface area contributed by atoms with Crippen molar-refractivity contribution >= 4 is 29.1 Å². The Kier molecular flexibility index (Phi) is 7.68. The number of hydrogen-bond acceptors (Lipinski definition) is 6. The van der Waals surface area contributed by atoms with Gasteiger partial charge in [0.25, 0.3) is 5.91 Å². The van der Waals surface area contributed by atoms with Crippen molar-refractivity contribution < 1.29 is 23.9 Å². The molecule has 0 radical (unpaired) electrons. The number of esters is 1. The second-order valence-electron chi connectivity index (χ2n) is 7.44. The van der Waals surface area contributed by atoms with Crippen molar-refractivity contribution in [2.75, 3.05) is 40.4 Å². The summed E-state index contributed by atoms with van der Waals surface area (Å²) in [6, 6.07) is 11.6. The lowest BCUT2D eigenvalue weighted by molar-refractivity contribution is -0.151. The summed E-state index contributed by atoms with van der Waals surface area (Å²) in [7, 11) is 3.15. The first-order valence-electron chi connectivity index (χ1n) is 10.4.